The smallest absolute Gasteiger partial charge is 0.338 e. The summed E-state index contributed by atoms with van der Waals surface area (Å²) in [5.74, 6) is -1.39. The summed E-state index contributed by atoms with van der Waals surface area (Å²) < 4.78 is 15.2. The van der Waals surface area contributed by atoms with Crippen LogP contribution in [0.1, 0.15) is 15.9 Å². The van der Waals surface area contributed by atoms with Gasteiger partial charge in [0.05, 0.1) is 11.1 Å². The van der Waals surface area contributed by atoms with Crippen LogP contribution in [0.15, 0.2) is 48.7 Å². The molecule has 1 heterocycles. The van der Waals surface area contributed by atoms with Crippen molar-refractivity contribution in [1.29, 1.82) is 0 Å². The second kappa shape index (κ2) is 4.94. The second-order valence-corrected chi connectivity index (χ2v) is 4.83. The van der Waals surface area contributed by atoms with Gasteiger partial charge >= 0.3 is 5.97 Å². The van der Waals surface area contributed by atoms with E-state index in [2.05, 4.69) is 0 Å². The molecule has 4 nitrogen and oxygen atoms in total. The number of hydrogen-bond acceptors (Lipinski definition) is 2. The third-order valence-corrected chi connectivity index (χ3v) is 3.47. The third-order valence-electron chi connectivity index (χ3n) is 3.47. The largest absolute Gasteiger partial charge is 0.478 e. The fraction of sp³-hybridized carbons (Fsp3) is 0.0625. The summed E-state index contributed by atoms with van der Waals surface area (Å²) in [6, 6.07) is 11.4. The quantitative estimate of drug-likeness (QED) is 0.726. The van der Waals surface area contributed by atoms with Gasteiger partial charge in [-0.1, -0.05) is 12.1 Å². The number of nitrogens with two attached hydrogens (primary N) is 1. The van der Waals surface area contributed by atoms with Gasteiger partial charge in [0.1, 0.15) is 5.82 Å². The number of anilines is 1. The van der Waals surface area contributed by atoms with Gasteiger partial charge in [0.2, 0.25) is 0 Å². The van der Waals surface area contributed by atoms with Crippen molar-refractivity contribution in [3.8, 4) is 0 Å². The molecule has 0 aliphatic rings. The van der Waals surface area contributed by atoms with E-state index < -0.39 is 5.97 Å². The van der Waals surface area contributed by atoms with E-state index in [-0.39, 0.29) is 17.1 Å². The number of fused-ring (bicyclic) bond motifs is 1. The van der Waals surface area contributed by atoms with Gasteiger partial charge in [0.25, 0.3) is 0 Å². The van der Waals surface area contributed by atoms with Crippen LogP contribution in [-0.2, 0) is 6.54 Å². The van der Waals surface area contributed by atoms with Gasteiger partial charge in [-0.05, 0) is 41.3 Å². The minimum absolute atomic E-state index is 0.0933. The summed E-state index contributed by atoms with van der Waals surface area (Å²) >= 11 is 0. The molecule has 21 heavy (non-hydrogen) atoms. The maximum atomic E-state index is 13.4. The summed E-state index contributed by atoms with van der Waals surface area (Å²) in [7, 11) is 0. The number of nitrogen functional groups attached to an aromatic ring is 1. The van der Waals surface area contributed by atoms with E-state index in [0.717, 1.165) is 5.39 Å². The van der Waals surface area contributed by atoms with Crippen molar-refractivity contribution in [2.75, 3.05) is 5.73 Å². The maximum Gasteiger partial charge on any atom is 0.338 e. The number of carbonyl (C=O) groups is 1. The van der Waals surface area contributed by atoms with Crippen LogP contribution in [0.4, 0.5) is 10.1 Å². The summed E-state index contributed by atoms with van der Waals surface area (Å²) in [6.45, 7) is 0.319. The van der Waals surface area contributed by atoms with E-state index in [0.29, 0.717) is 17.6 Å². The fourth-order valence-corrected chi connectivity index (χ4v) is 2.49. The zero-order chi connectivity index (χ0) is 15.0. The van der Waals surface area contributed by atoms with Crippen LogP contribution in [0, 0.1) is 5.82 Å². The molecule has 0 spiro atoms. The Labute approximate surface area is 120 Å². The van der Waals surface area contributed by atoms with Gasteiger partial charge in [-0.25, -0.2) is 9.18 Å². The highest BCUT2D eigenvalue weighted by Gasteiger charge is 2.14. The molecular formula is C16H13FN2O2. The first kappa shape index (κ1) is 13.2. The maximum absolute atomic E-state index is 13.4. The lowest BCUT2D eigenvalue weighted by Gasteiger charge is -2.11. The summed E-state index contributed by atoms with van der Waals surface area (Å²) in [4.78, 5) is 11.3. The summed E-state index contributed by atoms with van der Waals surface area (Å²) in [5.41, 5.74) is 7.36. The van der Waals surface area contributed by atoms with E-state index in [1.54, 1.807) is 35.0 Å². The van der Waals surface area contributed by atoms with Crippen molar-refractivity contribution in [2.45, 2.75) is 6.54 Å². The topological polar surface area (TPSA) is 68.2 Å². The average molecular weight is 284 g/mol. The third kappa shape index (κ3) is 2.33. The number of benzene rings is 2. The highest BCUT2D eigenvalue weighted by atomic mass is 19.1. The number of aromatic carboxylic acids is 1. The molecule has 3 aromatic rings. The Morgan fingerprint density at radius 2 is 2.05 bits per heavy atom. The van der Waals surface area contributed by atoms with Gasteiger partial charge in [-0.3, -0.25) is 0 Å². The van der Waals surface area contributed by atoms with Crippen LogP contribution < -0.4 is 5.73 Å². The molecule has 0 saturated carbocycles. The number of carboxylic acids is 1. The van der Waals surface area contributed by atoms with E-state index in [1.165, 1.54) is 12.1 Å². The Hall–Kier alpha value is -2.82. The number of carboxylic acid groups (broad SMARTS) is 1. The van der Waals surface area contributed by atoms with Crippen molar-refractivity contribution in [3.63, 3.8) is 0 Å². The molecular weight excluding hydrogens is 271 g/mol. The van der Waals surface area contributed by atoms with E-state index in [4.69, 9.17) is 5.73 Å². The standard InChI is InChI=1S/C16H13FN2O2/c17-12-5-4-10-6-7-19(14(10)8-12)9-11-2-1-3-13(18)15(11)16(20)21/h1-8H,9,18H2,(H,20,21). The molecule has 0 fully saturated rings. The molecule has 3 N–H and O–H groups in total. The van der Waals surface area contributed by atoms with Crippen LogP contribution in [0.5, 0.6) is 0 Å². The number of nitrogens with zero attached hydrogens (tertiary/aromatic N) is 1. The number of hydrogen-bond donors (Lipinski definition) is 2. The van der Waals surface area contributed by atoms with Gasteiger partial charge < -0.3 is 15.4 Å². The Balaban J connectivity index is 2.09. The van der Waals surface area contributed by atoms with Crippen LogP contribution in [-0.4, -0.2) is 15.6 Å². The molecule has 3 rings (SSSR count). The molecule has 106 valence electrons. The molecule has 0 amide bonds. The molecule has 1 aromatic heterocycles. The first-order valence-corrected chi connectivity index (χ1v) is 6.41. The van der Waals surface area contributed by atoms with Crippen LogP contribution in [0.3, 0.4) is 0 Å². The molecule has 0 bridgehead atoms. The van der Waals surface area contributed by atoms with Crippen molar-refractivity contribution in [3.05, 3.63) is 65.6 Å². The van der Waals surface area contributed by atoms with Crippen molar-refractivity contribution < 1.29 is 14.3 Å². The predicted octanol–water partition coefficient (Wildman–Crippen LogP) is 3.11. The van der Waals surface area contributed by atoms with Crippen LogP contribution in [0.25, 0.3) is 10.9 Å². The predicted molar refractivity (Wildman–Crippen MR) is 78.8 cm³/mol. The molecule has 0 unspecified atom stereocenters. The zero-order valence-corrected chi connectivity index (χ0v) is 11.1. The minimum Gasteiger partial charge on any atom is -0.478 e. The minimum atomic E-state index is -1.06. The normalized spacial score (nSPS) is 10.9. The lowest BCUT2D eigenvalue weighted by atomic mass is 10.1. The van der Waals surface area contributed by atoms with Gasteiger partial charge in [0, 0.05) is 18.4 Å². The number of aromatic nitrogens is 1. The molecule has 2 aromatic carbocycles. The van der Waals surface area contributed by atoms with E-state index in [1.807, 2.05) is 6.07 Å². The molecule has 0 radical (unpaired) electrons. The fourth-order valence-electron chi connectivity index (χ4n) is 2.49. The van der Waals surface area contributed by atoms with Crippen LogP contribution in [0.2, 0.25) is 0 Å². The number of rotatable bonds is 3. The summed E-state index contributed by atoms with van der Waals surface area (Å²) in [6.07, 6.45) is 1.80. The Morgan fingerprint density at radius 1 is 1.24 bits per heavy atom. The van der Waals surface area contributed by atoms with E-state index >= 15 is 0 Å². The molecule has 0 aliphatic carbocycles. The van der Waals surface area contributed by atoms with Gasteiger partial charge in [-0.2, -0.15) is 0 Å². The lowest BCUT2D eigenvalue weighted by molar-refractivity contribution is 0.0697. The highest BCUT2D eigenvalue weighted by Crippen LogP contribution is 2.22. The van der Waals surface area contributed by atoms with Crippen LogP contribution >= 0.6 is 0 Å². The molecule has 0 atom stereocenters. The molecule has 0 saturated heterocycles. The van der Waals surface area contributed by atoms with E-state index in [9.17, 15) is 14.3 Å². The van der Waals surface area contributed by atoms with Crippen molar-refractivity contribution in [2.24, 2.45) is 0 Å². The van der Waals surface area contributed by atoms with Crippen molar-refractivity contribution in [1.82, 2.24) is 4.57 Å². The van der Waals surface area contributed by atoms with Gasteiger partial charge in [-0.15, -0.1) is 0 Å². The Kier molecular flexibility index (Phi) is 3.10. The Morgan fingerprint density at radius 3 is 2.81 bits per heavy atom. The lowest BCUT2D eigenvalue weighted by Crippen LogP contribution is -2.09. The monoisotopic (exact) mass is 284 g/mol. The average Bonchev–Trinajstić information content (AvgIpc) is 2.81. The first-order chi connectivity index (χ1) is 10.1. The number of halogens is 1. The first-order valence-electron chi connectivity index (χ1n) is 6.41. The van der Waals surface area contributed by atoms with Crippen molar-refractivity contribution >= 4 is 22.6 Å². The SMILES string of the molecule is Nc1cccc(Cn2ccc3ccc(F)cc32)c1C(=O)O. The second-order valence-electron chi connectivity index (χ2n) is 4.83. The summed E-state index contributed by atoms with van der Waals surface area (Å²) in [5, 5.41) is 10.2. The Bertz CT molecular complexity index is 839. The molecule has 0 aliphatic heterocycles. The van der Waals surface area contributed by atoms with Gasteiger partial charge in [0.15, 0.2) is 0 Å². The highest BCUT2D eigenvalue weighted by molar-refractivity contribution is 5.95. The molecule has 5 heteroatoms. The zero-order valence-electron chi connectivity index (χ0n) is 11.1.